The van der Waals surface area contributed by atoms with Crippen molar-refractivity contribution in [2.45, 2.75) is 13.0 Å². The van der Waals surface area contributed by atoms with Gasteiger partial charge in [-0.2, -0.15) is 0 Å². The van der Waals surface area contributed by atoms with Crippen LogP contribution in [0.15, 0.2) is 0 Å². The molecule has 1 heterocycles. The molecule has 0 saturated carbocycles. The zero-order valence-corrected chi connectivity index (χ0v) is 9.79. The molecule has 0 aliphatic carbocycles. The fraction of sp³-hybridized carbons (Fsp3) is 0.889. The van der Waals surface area contributed by atoms with Gasteiger partial charge in [0.05, 0.1) is 6.61 Å². The lowest BCUT2D eigenvalue weighted by Crippen LogP contribution is -2.47. The molecule has 0 spiro atoms. The Morgan fingerprint density at radius 3 is 2.67 bits per heavy atom. The molecule has 1 aliphatic heterocycles. The van der Waals surface area contributed by atoms with Crippen LogP contribution in [0, 0.1) is 0 Å². The van der Waals surface area contributed by atoms with E-state index in [1.54, 1.807) is 6.92 Å². The van der Waals surface area contributed by atoms with E-state index in [2.05, 4.69) is 4.90 Å². The molecular formula is C9H18N2O3S. The highest BCUT2D eigenvalue weighted by Gasteiger charge is 2.21. The molecule has 1 fully saturated rings. The van der Waals surface area contributed by atoms with Gasteiger partial charge in [0.25, 0.3) is 0 Å². The quantitative estimate of drug-likeness (QED) is 0.628. The second-order valence-corrected chi connectivity index (χ2v) is 5.20. The lowest BCUT2D eigenvalue weighted by molar-refractivity contribution is -0.145. The molecule has 15 heavy (non-hydrogen) atoms. The predicted octanol–water partition coefficient (Wildman–Crippen LogP) is -1.06. The number of ether oxygens (including phenoxy) is 1. The van der Waals surface area contributed by atoms with Crippen LogP contribution in [0.3, 0.4) is 0 Å². The SMILES string of the molecule is CCOC(=O)C(N)CN1CCS(=O)CC1. The third-order valence-corrected chi connectivity index (χ3v) is 3.59. The van der Waals surface area contributed by atoms with Crippen molar-refractivity contribution in [3.05, 3.63) is 0 Å². The van der Waals surface area contributed by atoms with E-state index in [-0.39, 0.29) is 5.97 Å². The lowest BCUT2D eigenvalue weighted by atomic mass is 10.3. The summed E-state index contributed by atoms with van der Waals surface area (Å²) in [5.41, 5.74) is 5.68. The summed E-state index contributed by atoms with van der Waals surface area (Å²) >= 11 is 0. The van der Waals surface area contributed by atoms with Crippen LogP contribution < -0.4 is 5.73 Å². The predicted molar refractivity (Wildman–Crippen MR) is 58.9 cm³/mol. The molecule has 1 unspecified atom stereocenters. The topological polar surface area (TPSA) is 72.6 Å². The van der Waals surface area contributed by atoms with Crippen LogP contribution in [-0.4, -0.2) is 58.9 Å². The maximum Gasteiger partial charge on any atom is 0.324 e. The lowest BCUT2D eigenvalue weighted by Gasteiger charge is -2.27. The summed E-state index contributed by atoms with van der Waals surface area (Å²) in [7, 11) is -0.688. The standard InChI is InChI=1S/C9H18N2O3S/c1-2-14-9(12)8(10)7-11-3-5-15(13)6-4-11/h8H,2-7,10H2,1H3. The Labute approximate surface area is 92.4 Å². The highest BCUT2D eigenvalue weighted by atomic mass is 32.2. The Bertz CT molecular complexity index is 238. The molecule has 0 aromatic heterocycles. The Morgan fingerprint density at radius 2 is 2.13 bits per heavy atom. The molecule has 0 aromatic rings. The molecule has 0 bridgehead atoms. The van der Waals surface area contributed by atoms with Gasteiger partial charge < -0.3 is 10.5 Å². The van der Waals surface area contributed by atoms with Crippen molar-refractivity contribution in [1.29, 1.82) is 0 Å². The number of carbonyl (C=O) groups excluding carboxylic acids is 1. The van der Waals surface area contributed by atoms with E-state index >= 15 is 0 Å². The van der Waals surface area contributed by atoms with Gasteiger partial charge in [-0.3, -0.25) is 13.9 Å². The van der Waals surface area contributed by atoms with Crippen LogP contribution in [0.1, 0.15) is 6.92 Å². The van der Waals surface area contributed by atoms with Crippen molar-refractivity contribution in [3.8, 4) is 0 Å². The summed E-state index contributed by atoms with van der Waals surface area (Å²) in [6.45, 7) is 4.11. The van der Waals surface area contributed by atoms with Crippen LogP contribution in [0.4, 0.5) is 0 Å². The average Bonchev–Trinajstić information content (AvgIpc) is 2.22. The van der Waals surface area contributed by atoms with Crippen LogP contribution in [0.25, 0.3) is 0 Å². The number of nitrogens with zero attached hydrogens (tertiary/aromatic N) is 1. The summed E-state index contributed by atoms with van der Waals surface area (Å²) in [6.07, 6.45) is 0. The van der Waals surface area contributed by atoms with Gasteiger partial charge in [0.1, 0.15) is 6.04 Å². The summed E-state index contributed by atoms with van der Waals surface area (Å²) in [6, 6.07) is -0.587. The van der Waals surface area contributed by atoms with Gasteiger partial charge in [-0.05, 0) is 6.92 Å². The Morgan fingerprint density at radius 1 is 1.53 bits per heavy atom. The Kier molecular flexibility index (Phi) is 5.21. The Hall–Kier alpha value is -0.460. The third kappa shape index (κ3) is 4.27. The van der Waals surface area contributed by atoms with Crippen molar-refractivity contribution in [1.82, 2.24) is 4.90 Å². The summed E-state index contributed by atoms with van der Waals surface area (Å²) in [5.74, 6) is 0.995. The normalized spacial score (nSPS) is 21.2. The van der Waals surface area contributed by atoms with Crippen LogP contribution >= 0.6 is 0 Å². The van der Waals surface area contributed by atoms with Crippen molar-refractivity contribution < 1.29 is 13.7 Å². The third-order valence-electron chi connectivity index (χ3n) is 2.31. The molecule has 6 heteroatoms. The van der Waals surface area contributed by atoms with Gasteiger partial charge in [-0.15, -0.1) is 0 Å². The van der Waals surface area contributed by atoms with Gasteiger partial charge in [-0.25, -0.2) is 0 Å². The minimum Gasteiger partial charge on any atom is -0.465 e. The van der Waals surface area contributed by atoms with Gasteiger partial charge in [0, 0.05) is 41.9 Å². The fourth-order valence-corrected chi connectivity index (χ4v) is 2.59. The second kappa shape index (κ2) is 6.19. The summed E-state index contributed by atoms with van der Waals surface area (Å²) in [5, 5.41) is 0. The first-order chi connectivity index (χ1) is 7.13. The van der Waals surface area contributed by atoms with E-state index in [9.17, 15) is 9.00 Å². The highest BCUT2D eigenvalue weighted by Crippen LogP contribution is 2.01. The smallest absolute Gasteiger partial charge is 0.324 e. The van der Waals surface area contributed by atoms with Gasteiger partial charge >= 0.3 is 5.97 Å². The zero-order valence-electron chi connectivity index (χ0n) is 8.98. The number of rotatable bonds is 4. The van der Waals surface area contributed by atoms with Crippen LogP contribution in [0.2, 0.25) is 0 Å². The first-order valence-electron chi connectivity index (χ1n) is 5.13. The van der Waals surface area contributed by atoms with Crippen molar-refractivity contribution in [2.24, 2.45) is 5.73 Å². The minimum atomic E-state index is -0.688. The molecule has 0 amide bonds. The molecule has 88 valence electrons. The van der Waals surface area contributed by atoms with Crippen LogP contribution in [-0.2, 0) is 20.3 Å². The van der Waals surface area contributed by atoms with Crippen molar-refractivity contribution in [2.75, 3.05) is 37.7 Å². The zero-order chi connectivity index (χ0) is 11.3. The second-order valence-electron chi connectivity index (χ2n) is 3.51. The monoisotopic (exact) mass is 234 g/mol. The molecule has 0 radical (unpaired) electrons. The minimum absolute atomic E-state index is 0.357. The Balaban J connectivity index is 2.28. The number of nitrogens with two attached hydrogens (primary N) is 1. The van der Waals surface area contributed by atoms with E-state index in [0.717, 1.165) is 13.1 Å². The number of hydrogen-bond donors (Lipinski definition) is 1. The molecule has 5 nitrogen and oxygen atoms in total. The maximum absolute atomic E-state index is 11.2. The number of esters is 1. The maximum atomic E-state index is 11.2. The van der Waals surface area contributed by atoms with Gasteiger partial charge in [0.2, 0.25) is 0 Å². The van der Waals surface area contributed by atoms with Crippen molar-refractivity contribution >= 4 is 16.8 Å². The van der Waals surface area contributed by atoms with E-state index < -0.39 is 16.8 Å². The first-order valence-corrected chi connectivity index (χ1v) is 6.62. The van der Waals surface area contributed by atoms with E-state index in [1.165, 1.54) is 0 Å². The van der Waals surface area contributed by atoms with Gasteiger partial charge in [0.15, 0.2) is 0 Å². The molecule has 2 N–H and O–H groups in total. The number of hydrogen-bond acceptors (Lipinski definition) is 5. The average molecular weight is 234 g/mol. The summed E-state index contributed by atoms with van der Waals surface area (Å²) in [4.78, 5) is 13.3. The molecule has 1 rings (SSSR count). The summed E-state index contributed by atoms with van der Waals surface area (Å²) < 4.78 is 15.9. The first kappa shape index (κ1) is 12.6. The van der Waals surface area contributed by atoms with Gasteiger partial charge in [-0.1, -0.05) is 0 Å². The van der Waals surface area contributed by atoms with Crippen molar-refractivity contribution in [3.63, 3.8) is 0 Å². The molecule has 1 saturated heterocycles. The molecule has 1 aliphatic rings. The highest BCUT2D eigenvalue weighted by molar-refractivity contribution is 7.85. The van der Waals surface area contributed by atoms with E-state index in [4.69, 9.17) is 10.5 Å². The largest absolute Gasteiger partial charge is 0.465 e. The molecule has 1 atom stereocenters. The van der Waals surface area contributed by atoms with E-state index in [1.807, 2.05) is 0 Å². The fourth-order valence-electron chi connectivity index (χ4n) is 1.46. The van der Waals surface area contributed by atoms with Crippen LogP contribution in [0.5, 0.6) is 0 Å². The number of carbonyl (C=O) groups is 1. The molecule has 0 aromatic carbocycles. The molecular weight excluding hydrogens is 216 g/mol. The van der Waals surface area contributed by atoms with E-state index in [0.29, 0.717) is 24.7 Å².